The molecule has 0 aliphatic carbocycles. The van der Waals surface area contributed by atoms with Gasteiger partial charge < -0.3 is 15.2 Å². The molecule has 1 aromatic rings. The largest absolute Gasteiger partial charge is 0.481 e. The summed E-state index contributed by atoms with van der Waals surface area (Å²) in [7, 11) is 4.60. The van der Waals surface area contributed by atoms with Gasteiger partial charge in [0.05, 0.1) is 26.4 Å². The van der Waals surface area contributed by atoms with Gasteiger partial charge in [-0.3, -0.25) is 0 Å². The van der Waals surface area contributed by atoms with Gasteiger partial charge in [-0.2, -0.15) is 15.2 Å². The number of nitriles is 1. The number of nitrogens with zero attached hydrogens (tertiary/aromatic N) is 3. The molecule has 2 N–H and O–H groups in total. The zero-order valence-electron chi connectivity index (χ0n) is 13.5. The van der Waals surface area contributed by atoms with Crippen LogP contribution >= 0.6 is 11.8 Å². The molecule has 6 nitrogen and oxygen atoms in total. The van der Waals surface area contributed by atoms with E-state index in [2.05, 4.69) is 42.5 Å². The number of ether oxygens (including phenoxy) is 2. The van der Waals surface area contributed by atoms with Crippen molar-refractivity contribution in [2.24, 2.45) is 11.1 Å². The molecule has 0 aliphatic rings. The highest BCUT2D eigenvalue weighted by atomic mass is 32.2. The van der Waals surface area contributed by atoms with E-state index in [0.717, 1.165) is 0 Å². The molecule has 1 atom stereocenters. The zero-order valence-corrected chi connectivity index (χ0v) is 14.3. The van der Waals surface area contributed by atoms with Gasteiger partial charge in [-0.15, -0.1) is 0 Å². The molecule has 0 saturated heterocycles. The van der Waals surface area contributed by atoms with Crippen LogP contribution in [0.2, 0.25) is 0 Å². The maximum atomic E-state index is 8.93. The summed E-state index contributed by atoms with van der Waals surface area (Å²) in [6.45, 7) is 6.29. The molecule has 0 saturated carbocycles. The van der Waals surface area contributed by atoms with Crippen molar-refractivity contribution in [3.63, 3.8) is 0 Å². The standard InChI is InChI=1S/C13H19N3O2S.CH5N/c1-13(2,3)9(6-7-14)19-12-15-10(17-4)8-11(16-12)18-5;1-2/h8-9H,6H2,1-5H3;2H2,1H3. The van der Waals surface area contributed by atoms with E-state index in [1.807, 2.05) is 0 Å². The molecule has 118 valence electrons. The Labute approximate surface area is 131 Å². The molecule has 7 heteroatoms. The first-order chi connectivity index (χ1) is 9.90. The molecule has 0 spiro atoms. The van der Waals surface area contributed by atoms with Crippen LogP contribution in [0.3, 0.4) is 0 Å². The van der Waals surface area contributed by atoms with Gasteiger partial charge in [0.25, 0.3) is 0 Å². The molecule has 1 aromatic heterocycles. The lowest BCUT2D eigenvalue weighted by Crippen LogP contribution is -2.23. The van der Waals surface area contributed by atoms with Crippen molar-refractivity contribution in [1.29, 1.82) is 5.26 Å². The third-order valence-electron chi connectivity index (χ3n) is 2.57. The van der Waals surface area contributed by atoms with Crippen LogP contribution in [0.5, 0.6) is 11.8 Å². The summed E-state index contributed by atoms with van der Waals surface area (Å²) in [5.41, 5.74) is 4.49. The monoisotopic (exact) mass is 312 g/mol. The van der Waals surface area contributed by atoms with Crippen molar-refractivity contribution in [3.8, 4) is 17.8 Å². The molecule has 0 aromatic carbocycles. The Kier molecular flexibility index (Phi) is 8.74. The predicted octanol–water partition coefficient (Wildman–Crippen LogP) is 2.49. The van der Waals surface area contributed by atoms with Crippen LogP contribution in [0.1, 0.15) is 27.2 Å². The predicted molar refractivity (Wildman–Crippen MR) is 84.6 cm³/mol. The van der Waals surface area contributed by atoms with Gasteiger partial charge >= 0.3 is 0 Å². The van der Waals surface area contributed by atoms with Gasteiger partial charge in [0.1, 0.15) is 0 Å². The molecular weight excluding hydrogens is 288 g/mol. The lowest BCUT2D eigenvalue weighted by atomic mass is 9.90. The van der Waals surface area contributed by atoms with E-state index in [0.29, 0.717) is 23.3 Å². The molecule has 0 aliphatic heterocycles. The van der Waals surface area contributed by atoms with Crippen molar-refractivity contribution in [1.82, 2.24) is 9.97 Å². The smallest absolute Gasteiger partial charge is 0.220 e. The highest BCUT2D eigenvalue weighted by Gasteiger charge is 2.27. The first-order valence-electron chi connectivity index (χ1n) is 6.49. The molecule has 0 bridgehead atoms. The van der Waals surface area contributed by atoms with Crippen LogP contribution < -0.4 is 15.2 Å². The van der Waals surface area contributed by atoms with E-state index in [1.54, 1.807) is 20.3 Å². The normalized spacial score (nSPS) is 11.7. The molecular formula is C14H24N4O2S. The number of nitrogens with two attached hydrogens (primary N) is 1. The number of methoxy groups -OCH3 is 2. The average molecular weight is 312 g/mol. The second-order valence-corrected chi connectivity index (χ2v) is 6.24. The maximum Gasteiger partial charge on any atom is 0.220 e. The van der Waals surface area contributed by atoms with Crippen molar-refractivity contribution in [2.75, 3.05) is 21.3 Å². The summed E-state index contributed by atoms with van der Waals surface area (Å²) in [4.78, 5) is 8.55. The summed E-state index contributed by atoms with van der Waals surface area (Å²) in [6, 6.07) is 3.84. The van der Waals surface area contributed by atoms with Gasteiger partial charge in [-0.05, 0) is 12.5 Å². The first-order valence-corrected chi connectivity index (χ1v) is 7.37. The van der Waals surface area contributed by atoms with Gasteiger partial charge in [0, 0.05) is 11.7 Å². The second kappa shape index (κ2) is 9.42. The number of rotatable bonds is 5. The van der Waals surface area contributed by atoms with E-state index in [9.17, 15) is 0 Å². The van der Waals surface area contributed by atoms with Crippen LogP contribution in [-0.4, -0.2) is 36.5 Å². The van der Waals surface area contributed by atoms with Crippen molar-refractivity contribution in [3.05, 3.63) is 6.07 Å². The average Bonchev–Trinajstić information content (AvgIpc) is 2.47. The lowest BCUT2D eigenvalue weighted by Gasteiger charge is -2.27. The molecule has 0 amide bonds. The fourth-order valence-electron chi connectivity index (χ4n) is 1.38. The van der Waals surface area contributed by atoms with Crippen molar-refractivity contribution < 1.29 is 9.47 Å². The highest BCUT2D eigenvalue weighted by molar-refractivity contribution is 7.99. The Bertz CT molecular complexity index is 447. The van der Waals surface area contributed by atoms with Gasteiger partial charge in [0.2, 0.25) is 11.8 Å². The summed E-state index contributed by atoms with van der Waals surface area (Å²) in [6.07, 6.45) is 0.442. The minimum Gasteiger partial charge on any atom is -0.481 e. The van der Waals surface area contributed by atoms with E-state index < -0.39 is 0 Å². The fourth-order valence-corrected chi connectivity index (χ4v) is 2.43. The molecule has 1 unspecified atom stereocenters. The first kappa shape index (κ1) is 19.5. The SMILES string of the molecule is CN.COc1cc(OC)nc(SC(CC#N)C(C)(C)C)n1. The Morgan fingerprint density at radius 2 is 1.71 bits per heavy atom. The minimum atomic E-state index is -0.0138. The number of aromatic nitrogens is 2. The highest BCUT2D eigenvalue weighted by Crippen LogP contribution is 2.36. The third-order valence-corrected chi connectivity index (χ3v) is 4.12. The lowest BCUT2D eigenvalue weighted by molar-refractivity contribution is 0.363. The molecule has 21 heavy (non-hydrogen) atoms. The van der Waals surface area contributed by atoms with Crippen molar-refractivity contribution in [2.45, 2.75) is 37.6 Å². The van der Waals surface area contributed by atoms with Gasteiger partial charge in [-0.25, -0.2) is 0 Å². The third kappa shape index (κ3) is 6.65. The molecule has 1 heterocycles. The number of thioether (sulfide) groups is 1. The minimum absolute atomic E-state index is 0.0138. The maximum absolute atomic E-state index is 8.93. The van der Waals surface area contributed by atoms with Gasteiger partial charge in [0.15, 0.2) is 5.16 Å². The molecule has 0 fully saturated rings. The van der Waals surface area contributed by atoms with Crippen LogP contribution in [0.15, 0.2) is 11.2 Å². The molecule has 0 radical (unpaired) electrons. The number of hydrogen-bond donors (Lipinski definition) is 1. The Balaban J connectivity index is 0.00000191. The van der Waals surface area contributed by atoms with E-state index >= 15 is 0 Å². The van der Waals surface area contributed by atoms with Crippen molar-refractivity contribution >= 4 is 11.8 Å². The van der Waals surface area contributed by atoms with E-state index in [1.165, 1.54) is 18.8 Å². The Hall–Kier alpha value is -1.52. The fraction of sp³-hybridized carbons (Fsp3) is 0.643. The number of hydrogen-bond acceptors (Lipinski definition) is 7. The van der Waals surface area contributed by atoms with Gasteiger partial charge in [-0.1, -0.05) is 32.5 Å². The van der Waals surface area contributed by atoms with Crippen LogP contribution in [0.25, 0.3) is 0 Å². The van der Waals surface area contributed by atoms with E-state index in [-0.39, 0.29) is 10.7 Å². The summed E-state index contributed by atoms with van der Waals surface area (Å²) in [5, 5.41) is 9.59. The quantitative estimate of drug-likeness (QED) is 0.659. The van der Waals surface area contributed by atoms with Crippen LogP contribution in [-0.2, 0) is 0 Å². The van der Waals surface area contributed by atoms with Crippen LogP contribution in [0.4, 0.5) is 0 Å². The Morgan fingerprint density at radius 3 is 2.05 bits per heavy atom. The molecule has 1 rings (SSSR count). The zero-order chi connectivity index (χ0) is 16.5. The Morgan fingerprint density at radius 1 is 1.24 bits per heavy atom. The van der Waals surface area contributed by atoms with E-state index in [4.69, 9.17) is 14.7 Å². The summed E-state index contributed by atoms with van der Waals surface area (Å²) >= 11 is 1.47. The summed E-state index contributed by atoms with van der Waals surface area (Å²) < 4.78 is 10.2. The topological polar surface area (TPSA) is 94.0 Å². The van der Waals surface area contributed by atoms with Crippen LogP contribution in [0, 0.1) is 16.7 Å². The second-order valence-electron chi connectivity index (χ2n) is 5.07. The summed E-state index contributed by atoms with van der Waals surface area (Å²) in [5.74, 6) is 0.915.